The molecule has 1 saturated heterocycles. The summed E-state index contributed by atoms with van der Waals surface area (Å²) in [6, 6.07) is -0.656. The van der Waals surface area contributed by atoms with Crippen LogP contribution in [0.3, 0.4) is 0 Å². The van der Waals surface area contributed by atoms with Crippen LogP contribution >= 0.6 is 0 Å². The molecule has 4 aliphatic rings. The van der Waals surface area contributed by atoms with E-state index in [1.54, 1.807) is 0 Å². The number of rotatable bonds is 12. The first-order valence-corrected chi connectivity index (χ1v) is 22.2. The second-order valence-electron chi connectivity index (χ2n) is 16.7. The zero-order valence-corrected chi connectivity index (χ0v) is 32.0. The number of alkyl carbamates (subject to hydrolysis) is 1. The van der Waals surface area contributed by atoms with E-state index in [0.717, 1.165) is 81.9 Å². The number of guanidine groups is 1. The standard InChI is InChI=1S/C37H64N4O7Si/c1-37(2,3)49(4,5)41-31(33(43)46-24-27-16-9-6-10-17-27)30(32(41)42)22-15-23-40(36(45)48-26-29-20-13-8-14-21-29)34(38)39-35(44)47-25-28-18-11-7-12-19-28/h27-31H,6-26H2,1-5H3,(H2,38,39,44)/t30-,31?/m1/s1. The number of ether oxygens (including phenoxy) is 3. The molecule has 3 amide bonds. The predicted molar refractivity (Wildman–Crippen MR) is 192 cm³/mol. The molecule has 0 bridgehead atoms. The minimum atomic E-state index is -2.38. The van der Waals surface area contributed by atoms with Gasteiger partial charge in [0.15, 0.2) is 8.24 Å². The summed E-state index contributed by atoms with van der Waals surface area (Å²) < 4.78 is 18.9. The van der Waals surface area contributed by atoms with E-state index in [1.165, 1.54) is 19.3 Å². The number of carbonyl (C=O) groups is 4. The third-order valence-corrected chi connectivity index (χ3v) is 17.4. The van der Waals surface area contributed by atoms with Crippen LogP contribution in [0, 0.1) is 29.1 Å². The summed E-state index contributed by atoms with van der Waals surface area (Å²) in [7, 11) is -2.38. The first-order valence-electron chi connectivity index (χ1n) is 19.3. The summed E-state index contributed by atoms with van der Waals surface area (Å²) in [5.74, 6) is -0.371. The molecule has 49 heavy (non-hydrogen) atoms. The molecule has 1 unspecified atom stereocenters. The summed E-state index contributed by atoms with van der Waals surface area (Å²) in [6.45, 7) is 11.6. The molecule has 0 aromatic heterocycles. The third kappa shape index (κ3) is 10.7. The minimum Gasteiger partial charge on any atom is -0.464 e. The second kappa shape index (κ2) is 18.0. The first kappa shape index (κ1) is 39.2. The summed E-state index contributed by atoms with van der Waals surface area (Å²) in [4.78, 5) is 54.6. The van der Waals surface area contributed by atoms with E-state index >= 15 is 0 Å². The van der Waals surface area contributed by atoms with E-state index in [-0.39, 0.29) is 42.6 Å². The van der Waals surface area contributed by atoms with E-state index in [9.17, 15) is 19.2 Å². The molecule has 0 aromatic rings. The van der Waals surface area contributed by atoms with Crippen molar-refractivity contribution in [3.8, 4) is 0 Å². The maximum absolute atomic E-state index is 13.8. The van der Waals surface area contributed by atoms with E-state index in [1.807, 2.05) is 4.57 Å². The van der Waals surface area contributed by atoms with Gasteiger partial charge in [0.05, 0.1) is 25.7 Å². The lowest BCUT2D eigenvalue weighted by Gasteiger charge is -2.57. The molecular formula is C37H64N4O7Si. The van der Waals surface area contributed by atoms with Crippen molar-refractivity contribution in [2.24, 2.45) is 23.7 Å². The van der Waals surface area contributed by atoms with Crippen molar-refractivity contribution in [3.63, 3.8) is 0 Å². The maximum atomic E-state index is 13.8. The van der Waals surface area contributed by atoms with Crippen molar-refractivity contribution >= 4 is 38.3 Å². The monoisotopic (exact) mass is 704 g/mol. The number of esters is 1. The van der Waals surface area contributed by atoms with Gasteiger partial charge in [0.25, 0.3) is 0 Å². The number of carbonyl (C=O) groups excluding carboxylic acids is 4. The highest BCUT2D eigenvalue weighted by molar-refractivity contribution is 6.80. The Bertz CT molecular complexity index is 1140. The van der Waals surface area contributed by atoms with Crippen LogP contribution in [-0.4, -0.2) is 80.1 Å². The molecule has 2 atom stereocenters. The SMILES string of the molecule is CC(C)(C)[Si](C)(C)N1C(=O)[C@H](CCCN(C(=N)NC(=O)OCC2CCCCC2)C(=O)OCC2CCCCC2)C1C(=O)OCC1CCCCC1. The van der Waals surface area contributed by atoms with Gasteiger partial charge in [0.2, 0.25) is 11.9 Å². The van der Waals surface area contributed by atoms with Crippen molar-refractivity contribution < 1.29 is 33.4 Å². The fourth-order valence-electron chi connectivity index (χ4n) is 7.86. The summed E-state index contributed by atoms with van der Waals surface area (Å²) in [5, 5.41) is 10.9. The van der Waals surface area contributed by atoms with Crippen molar-refractivity contribution in [2.45, 2.75) is 154 Å². The van der Waals surface area contributed by atoms with Crippen LogP contribution in [0.5, 0.6) is 0 Å². The van der Waals surface area contributed by atoms with Crippen LogP contribution in [0.25, 0.3) is 0 Å². The number of hydrogen-bond acceptors (Lipinski definition) is 8. The number of β-lactam (4-membered cyclic amide) rings is 1. The van der Waals surface area contributed by atoms with Gasteiger partial charge in [-0.05, 0) is 74.2 Å². The molecule has 278 valence electrons. The smallest absolute Gasteiger partial charge is 0.416 e. The Morgan fingerprint density at radius 2 is 1.27 bits per heavy atom. The third-order valence-electron chi connectivity index (χ3n) is 12.0. The molecule has 0 aromatic carbocycles. The van der Waals surface area contributed by atoms with Gasteiger partial charge >= 0.3 is 18.2 Å². The molecule has 1 heterocycles. The van der Waals surface area contributed by atoms with E-state index < -0.39 is 38.3 Å². The number of nitrogens with one attached hydrogen (secondary N) is 2. The highest BCUT2D eigenvalue weighted by Gasteiger charge is 2.60. The van der Waals surface area contributed by atoms with Gasteiger partial charge in [0, 0.05) is 6.54 Å². The van der Waals surface area contributed by atoms with Crippen LogP contribution < -0.4 is 5.32 Å². The zero-order chi connectivity index (χ0) is 35.6. The molecule has 3 aliphatic carbocycles. The largest absolute Gasteiger partial charge is 0.464 e. The fourth-order valence-corrected chi connectivity index (χ4v) is 10.3. The Kier molecular flexibility index (Phi) is 14.4. The van der Waals surface area contributed by atoms with Crippen LogP contribution in [0.2, 0.25) is 18.1 Å². The van der Waals surface area contributed by atoms with E-state index in [0.29, 0.717) is 31.3 Å². The predicted octanol–water partition coefficient (Wildman–Crippen LogP) is 7.98. The number of nitrogens with zero attached hydrogens (tertiary/aromatic N) is 2. The van der Waals surface area contributed by atoms with Gasteiger partial charge in [-0.25, -0.2) is 19.3 Å². The van der Waals surface area contributed by atoms with Crippen LogP contribution in [0.15, 0.2) is 0 Å². The Morgan fingerprint density at radius 1 is 0.796 bits per heavy atom. The molecule has 4 rings (SSSR count). The molecule has 11 nitrogen and oxygen atoms in total. The average molecular weight is 705 g/mol. The quantitative estimate of drug-likeness (QED) is 0.0525. The van der Waals surface area contributed by atoms with E-state index in [4.69, 9.17) is 19.6 Å². The Balaban J connectivity index is 1.39. The molecule has 2 N–H and O–H groups in total. The van der Waals surface area contributed by atoms with Crippen LogP contribution in [0.4, 0.5) is 9.59 Å². The summed E-state index contributed by atoms with van der Waals surface area (Å²) in [5.41, 5.74) is 0. The fraction of sp³-hybridized carbons (Fsp3) is 0.865. The lowest BCUT2D eigenvalue weighted by atomic mass is 9.86. The molecule has 1 aliphatic heterocycles. The van der Waals surface area contributed by atoms with E-state index in [2.05, 4.69) is 39.2 Å². The minimum absolute atomic E-state index is 0.0443. The lowest BCUT2D eigenvalue weighted by molar-refractivity contribution is -0.169. The Labute approximate surface area is 295 Å². The molecule has 4 fully saturated rings. The summed E-state index contributed by atoms with van der Waals surface area (Å²) in [6.07, 6.45) is 15.8. The number of hydrogen-bond donors (Lipinski definition) is 2. The lowest BCUT2D eigenvalue weighted by Crippen LogP contribution is -2.75. The van der Waals surface area contributed by atoms with Crippen molar-refractivity contribution in [3.05, 3.63) is 0 Å². The molecule has 3 saturated carbocycles. The first-order chi connectivity index (χ1) is 23.3. The summed E-state index contributed by atoms with van der Waals surface area (Å²) >= 11 is 0. The second-order valence-corrected chi connectivity index (χ2v) is 21.8. The van der Waals surface area contributed by atoms with Gasteiger partial charge in [0.1, 0.15) is 6.04 Å². The van der Waals surface area contributed by atoms with Gasteiger partial charge in [-0.15, -0.1) is 0 Å². The molecule has 0 radical (unpaired) electrons. The number of amides is 3. The highest BCUT2D eigenvalue weighted by atomic mass is 28.3. The highest BCUT2D eigenvalue weighted by Crippen LogP contribution is 2.46. The van der Waals surface area contributed by atoms with Crippen LogP contribution in [-0.2, 0) is 23.8 Å². The normalized spacial score (nSPS) is 23.0. The topological polar surface area (TPSA) is 138 Å². The molecular weight excluding hydrogens is 641 g/mol. The average Bonchev–Trinajstić information content (AvgIpc) is 3.08. The zero-order valence-electron chi connectivity index (χ0n) is 31.0. The Hall–Kier alpha value is -2.63. The van der Waals surface area contributed by atoms with Gasteiger partial charge < -0.3 is 18.8 Å². The van der Waals surface area contributed by atoms with Crippen molar-refractivity contribution in [1.29, 1.82) is 5.41 Å². The van der Waals surface area contributed by atoms with Gasteiger partial charge in [-0.2, -0.15) is 0 Å². The van der Waals surface area contributed by atoms with Gasteiger partial charge in [-0.3, -0.25) is 15.5 Å². The molecule has 0 spiro atoms. The maximum Gasteiger partial charge on any atom is 0.416 e. The van der Waals surface area contributed by atoms with Gasteiger partial charge in [-0.1, -0.05) is 91.7 Å². The van der Waals surface area contributed by atoms with Crippen LogP contribution in [0.1, 0.15) is 130 Å². The Morgan fingerprint density at radius 3 is 1.76 bits per heavy atom. The van der Waals surface area contributed by atoms with Crippen molar-refractivity contribution in [1.82, 2.24) is 14.8 Å². The van der Waals surface area contributed by atoms with Crippen molar-refractivity contribution in [2.75, 3.05) is 26.4 Å². The molecule has 12 heteroatoms.